The van der Waals surface area contributed by atoms with Gasteiger partial charge in [-0.2, -0.15) is 0 Å². The number of phosphoric ester groups is 1. The number of allylic oxidation sites excluding steroid dienone is 26. The van der Waals surface area contributed by atoms with E-state index in [9.17, 15) is 28.9 Å². The molecule has 0 amide bonds. The van der Waals surface area contributed by atoms with Crippen molar-refractivity contribution in [3.05, 3.63) is 158 Å². The smallest absolute Gasteiger partial charge is 0.462 e. The van der Waals surface area contributed by atoms with Crippen LogP contribution in [-0.2, 0) is 42.2 Å². The summed E-state index contributed by atoms with van der Waals surface area (Å²) in [6, 6.07) is 0. The first-order valence-electron chi connectivity index (χ1n) is 30.4. The zero-order valence-electron chi connectivity index (χ0n) is 49.7. The number of aliphatic hydroxyl groups is 1. The third-order valence-electron chi connectivity index (χ3n) is 11.9. The van der Waals surface area contributed by atoms with Crippen molar-refractivity contribution in [3.63, 3.8) is 0 Å². The van der Waals surface area contributed by atoms with E-state index in [1.54, 1.807) is 0 Å². The molecule has 2 N–H and O–H groups in total. The second-order valence-corrected chi connectivity index (χ2v) is 20.8. The molecule has 0 aliphatic rings. The van der Waals surface area contributed by atoms with Gasteiger partial charge < -0.3 is 24.2 Å². The van der Waals surface area contributed by atoms with Crippen LogP contribution in [0.5, 0.6) is 0 Å². The molecule has 0 aromatic heterocycles. The van der Waals surface area contributed by atoms with Crippen LogP contribution in [0.25, 0.3) is 0 Å². The highest BCUT2D eigenvalue weighted by atomic mass is 31.2. The molecule has 0 saturated carbocycles. The minimum absolute atomic E-state index is 0.0271. The molecule has 80 heavy (non-hydrogen) atoms. The summed E-state index contributed by atoms with van der Waals surface area (Å²) in [6.07, 6.45) is 79.3. The Morgan fingerprint density at radius 2 is 0.688 bits per heavy atom. The van der Waals surface area contributed by atoms with E-state index in [1.165, 1.54) is 38.5 Å². The highest BCUT2D eigenvalue weighted by Gasteiger charge is 2.28. The lowest BCUT2D eigenvalue weighted by molar-refractivity contribution is -0.161. The van der Waals surface area contributed by atoms with Gasteiger partial charge in [0.15, 0.2) is 6.10 Å². The van der Waals surface area contributed by atoms with Gasteiger partial charge in [0.05, 0.1) is 19.8 Å². The Morgan fingerprint density at radius 3 is 1.11 bits per heavy atom. The van der Waals surface area contributed by atoms with Gasteiger partial charge in [-0.05, 0) is 128 Å². The van der Waals surface area contributed by atoms with Gasteiger partial charge in [0.1, 0.15) is 12.7 Å². The quantitative estimate of drug-likeness (QED) is 0.0197. The van der Waals surface area contributed by atoms with Gasteiger partial charge in [-0.25, -0.2) is 4.57 Å². The van der Waals surface area contributed by atoms with Crippen molar-refractivity contribution in [2.24, 2.45) is 0 Å². The van der Waals surface area contributed by atoms with E-state index >= 15 is 0 Å². The zero-order valence-corrected chi connectivity index (χ0v) is 50.6. The summed E-state index contributed by atoms with van der Waals surface area (Å²) in [5, 5.41) is 9.83. The Bertz CT molecular complexity index is 1950. The largest absolute Gasteiger partial charge is 0.472 e. The summed E-state index contributed by atoms with van der Waals surface area (Å²) >= 11 is 0. The van der Waals surface area contributed by atoms with Crippen LogP contribution in [-0.4, -0.2) is 66.5 Å². The van der Waals surface area contributed by atoms with Gasteiger partial charge >= 0.3 is 25.7 Å². The summed E-state index contributed by atoms with van der Waals surface area (Å²) in [4.78, 5) is 48.6. The number of carbonyl (C=O) groups is 3. The van der Waals surface area contributed by atoms with Crippen LogP contribution >= 0.6 is 7.82 Å². The Balaban J connectivity index is 4.92. The molecule has 0 aromatic carbocycles. The second-order valence-electron chi connectivity index (χ2n) is 19.4. The SMILES string of the molecule is CC/C=C\C/C=C\C/C=C\C/C=C\C/C=C\C/C=C\CCC(=O)OC(COC(=O)CCCCCCCCC/C=C\C/C=C\CCCCC)COP(=O)(O)OCC(CO)OC(=O)CCC/C=C\C/C=C\C/C=C\C/C=C\C/C=C\CC. The fourth-order valence-corrected chi connectivity index (χ4v) is 8.17. The predicted molar refractivity (Wildman–Crippen MR) is 334 cm³/mol. The lowest BCUT2D eigenvalue weighted by Crippen LogP contribution is -2.30. The summed E-state index contributed by atoms with van der Waals surface area (Å²) in [7, 11) is -4.80. The maximum Gasteiger partial charge on any atom is 0.472 e. The Kier molecular flexibility index (Phi) is 56.5. The Hall–Kier alpha value is -4.90. The number of hydrogen-bond donors (Lipinski definition) is 2. The fourth-order valence-electron chi connectivity index (χ4n) is 7.39. The molecule has 0 heterocycles. The van der Waals surface area contributed by atoms with Gasteiger partial charge in [0.25, 0.3) is 0 Å². The maximum absolute atomic E-state index is 12.9. The number of hydrogen-bond acceptors (Lipinski definition) is 10. The van der Waals surface area contributed by atoms with Gasteiger partial charge in [0, 0.05) is 19.3 Å². The van der Waals surface area contributed by atoms with E-state index in [0.29, 0.717) is 32.1 Å². The first-order valence-corrected chi connectivity index (χ1v) is 31.9. The van der Waals surface area contributed by atoms with Crippen LogP contribution in [0.15, 0.2) is 158 Å². The van der Waals surface area contributed by atoms with Gasteiger partial charge in [-0.15, -0.1) is 0 Å². The molecule has 0 aliphatic heterocycles. The number of ether oxygens (including phenoxy) is 3. The minimum Gasteiger partial charge on any atom is -0.462 e. The average molecular weight is 1130 g/mol. The normalized spacial score (nSPS) is 14.4. The van der Waals surface area contributed by atoms with Crippen LogP contribution in [0, 0.1) is 0 Å². The summed E-state index contributed by atoms with van der Waals surface area (Å²) in [6.45, 7) is 4.22. The molecule has 0 rings (SSSR count). The molecule has 11 nitrogen and oxygen atoms in total. The van der Waals surface area contributed by atoms with Gasteiger partial charge in [-0.1, -0.05) is 224 Å². The van der Waals surface area contributed by atoms with Crippen LogP contribution in [0.2, 0.25) is 0 Å². The number of esters is 3. The summed E-state index contributed by atoms with van der Waals surface area (Å²) < 4.78 is 39.4. The zero-order chi connectivity index (χ0) is 58.3. The van der Waals surface area contributed by atoms with E-state index in [0.717, 1.165) is 103 Å². The monoisotopic (exact) mass is 1130 g/mol. The molecule has 0 fully saturated rings. The lowest BCUT2D eigenvalue weighted by atomic mass is 10.1. The highest BCUT2D eigenvalue weighted by molar-refractivity contribution is 7.47. The first-order chi connectivity index (χ1) is 39.2. The van der Waals surface area contributed by atoms with Crippen molar-refractivity contribution in [1.29, 1.82) is 0 Å². The molecule has 0 saturated heterocycles. The molecule has 450 valence electrons. The number of aliphatic hydroxyl groups excluding tert-OH is 1. The third kappa shape index (κ3) is 57.8. The number of unbranched alkanes of at least 4 members (excludes halogenated alkanes) is 11. The molecule has 0 spiro atoms. The summed E-state index contributed by atoms with van der Waals surface area (Å²) in [5.41, 5.74) is 0. The highest BCUT2D eigenvalue weighted by Crippen LogP contribution is 2.43. The molecule has 0 aliphatic carbocycles. The van der Waals surface area contributed by atoms with Crippen molar-refractivity contribution < 1.29 is 52.2 Å². The van der Waals surface area contributed by atoms with E-state index in [1.807, 2.05) is 24.3 Å². The topological polar surface area (TPSA) is 155 Å². The van der Waals surface area contributed by atoms with Crippen molar-refractivity contribution in [3.8, 4) is 0 Å². The molecule has 0 aromatic rings. The first kappa shape index (κ1) is 75.1. The molecular weight excluding hydrogens is 1020 g/mol. The molecule has 0 bridgehead atoms. The average Bonchev–Trinajstić information content (AvgIpc) is 3.45. The van der Waals surface area contributed by atoms with Gasteiger partial charge in [0.2, 0.25) is 0 Å². The Labute approximate surface area is 485 Å². The van der Waals surface area contributed by atoms with E-state index < -0.39 is 57.8 Å². The number of rotatable bonds is 54. The molecule has 3 unspecified atom stereocenters. The minimum atomic E-state index is -4.80. The Morgan fingerprint density at radius 1 is 0.362 bits per heavy atom. The van der Waals surface area contributed by atoms with Crippen molar-refractivity contribution in [1.82, 2.24) is 0 Å². The number of carbonyl (C=O) groups excluding carboxylic acids is 3. The van der Waals surface area contributed by atoms with Gasteiger partial charge in [-0.3, -0.25) is 23.4 Å². The lowest BCUT2D eigenvalue weighted by Gasteiger charge is -2.21. The van der Waals surface area contributed by atoms with Crippen molar-refractivity contribution in [2.45, 2.75) is 226 Å². The molecular formula is C68H107O11P. The van der Waals surface area contributed by atoms with E-state index in [-0.39, 0.29) is 25.9 Å². The van der Waals surface area contributed by atoms with Crippen molar-refractivity contribution in [2.75, 3.05) is 26.4 Å². The van der Waals surface area contributed by atoms with Crippen molar-refractivity contribution >= 4 is 25.7 Å². The van der Waals surface area contributed by atoms with Crippen LogP contribution in [0.1, 0.15) is 213 Å². The molecule has 0 radical (unpaired) electrons. The standard InChI is InChI=1S/C68H107O11P/c1-4-7-10-13-16-19-22-25-28-31-32-35-38-41-44-47-50-53-56-59-68(72)79-65(61-75-66(70)57-54-51-48-45-42-39-36-33-29-26-23-20-17-14-11-8-5-2)63-77-80(73,74)76-62-64(60-69)78-67(71)58-55-52-49-46-43-40-37-34-30-27-24-21-18-15-12-9-6-3/h7,9-10,12,16-21,25-30,32,35,37,40-41,44,46,49-50,53,64-65,69H,4-6,8,11,13-15,22-24,31,33-34,36,38-39,42-43,45,47-48,51-52,54-63H2,1-3H3,(H,73,74)/b10-7-,12-9-,19-16-,20-17-,21-18-,28-25-,29-26-,30-27-,35-32-,40-37-,44-41-,49-46-,53-50-. The third-order valence-corrected chi connectivity index (χ3v) is 12.9. The fraction of sp³-hybridized carbons (Fsp3) is 0.574. The van der Waals surface area contributed by atoms with Crippen LogP contribution in [0.4, 0.5) is 0 Å². The maximum atomic E-state index is 12.9. The molecule has 12 heteroatoms. The van der Waals surface area contributed by atoms with E-state index in [4.69, 9.17) is 23.3 Å². The number of phosphoric acid groups is 1. The van der Waals surface area contributed by atoms with E-state index in [2.05, 4.69) is 154 Å². The van der Waals surface area contributed by atoms with Crippen LogP contribution < -0.4 is 0 Å². The molecule has 3 atom stereocenters. The second kappa shape index (κ2) is 60.2. The predicted octanol–water partition coefficient (Wildman–Crippen LogP) is 18.5. The summed E-state index contributed by atoms with van der Waals surface area (Å²) in [5.74, 6) is -1.66. The van der Waals surface area contributed by atoms with Crippen LogP contribution in [0.3, 0.4) is 0 Å².